The summed E-state index contributed by atoms with van der Waals surface area (Å²) in [5.41, 5.74) is 0.827. The first-order valence-electron chi connectivity index (χ1n) is 3.96. The number of nitro benzene ring substituents is 1. The highest BCUT2D eigenvalue weighted by Crippen LogP contribution is 2.23. The van der Waals surface area contributed by atoms with Gasteiger partial charge in [-0.05, 0) is 18.6 Å². The van der Waals surface area contributed by atoms with Crippen molar-refractivity contribution in [1.82, 2.24) is 0 Å². The van der Waals surface area contributed by atoms with Gasteiger partial charge in [-0.3, -0.25) is 10.1 Å². The van der Waals surface area contributed by atoms with Crippen LogP contribution < -0.4 is 4.74 Å². The van der Waals surface area contributed by atoms with Crippen LogP contribution in [-0.4, -0.2) is 11.5 Å². The van der Waals surface area contributed by atoms with E-state index in [2.05, 4.69) is 5.92 Å². The maximum Gasteiger partial charge on any atom is 0.273 e. The number of non-ortho nitro benzene ring substituents is 1. The Kier molecular flexibility index (Phi) is 3.08. The van der Waals surface area contributed by atoms with Gasteiger partial charge >= 0.3 is 0 Å². The van der Waals surface area contributed by atoms with Crippen molar-refractivity contribution < 1.29 is 9.66 Å². The molecule has 0 saturated carbocycles. The maximum atomic E-state index is 10.4. The molecule has 4 nitrogen and oxygen atoms in total. The Bertz CT molecular complexity index is 393. The number of hydrogen-bond donors (Lipinski definition) is 0. The van der Waals surface area contributed by atoms with Gasteiger partial charge in [0, 0.05) is 6.07 Å². The van der Waals surface area contributed by atoms with E-state index in [9.17, 15) is 10.1 Å². The van der Waals surface area contributed by atoms with Crippen LogP contribution >= 0.6 is 0 Å². The molecule has 0 saturated heterocycles. The molecule has 0 N–H and O–H groups in total. The Morgan fingerprint density at radius 2 is 2.36 bits per heavy atom. The first-order valence-corrected chi connectivity index (χ1v) is 3.96. The molecule has 0 aliphatic heterocycles. The van der Waals surface area contributed by atoms with Gasteiger partial charge in [0.25, 0.3) is 5.69 Å². The fourth-order valence-corrected chi connectivity index (χ4v) is 0.977. The molecule has 0 aliphatic carbocycles. The standard InChI is InChI=1S/C10H9NO3/c1-3-6-14-10-7-9(11(12)13)5-4-8(10)2/h1,4-5,7H,6H2,2H3. The van der Waals surface area contributed by atoms with Gasteiger partial charge in [0.2, 0.25) is 0 Å². The molecule has 0 spiro atoms. The minimum absolute atomic E-state index is 0.00243. The third-order valence-electron chi connectivity index (χ3n) is 1.69. The van der Waals surface area contributed by atoms with E-state index in [0.29, 0.717) is 5.75 Å². The topological polar surface area (TPSA) is 52.4 Å². The molecule has 0 atom stereocenters. The average molecular weight is 191 g/mol. The number of aryl methyl sites for hydroxylation is 1. The fraction of sp³-hybridized carbons (Fsp3) is 0.200. The van der Waals surface area contributed by atoms with E-state index in [4.69, 9.17) is 11.2 Å². The molecule has 0 aliphatic rings. The summed E-state index contributed by atoms with van der Waals surface area (Å²) in [6.45, 7) is 1.91. The fourth-order valence-electron chi connectivity index (χ4n) is 0.977. The van der Waals surface area contributed by atoms with Gasteiger partial charge in [-0.25, -0.2) is 0 Å². The van der Waals surface area contributed by atoms with E-state index in [1.165, 1.54) is 12.1 Å². The van der Waals surface area contributed by atoms with Gasteiger partial charge in [-0.2, -0.15) is 0 Å². The summed E-state index contributed by atoms with van der Waals surface area (Å²) < 4.78 is 5.14. The maximum absolute atomic E-state index is 10.4. The van der Waals surface area contributed by atoms with Crippen molar-refractivity contribution in [2.45, 2.75) is 6.92 Å². The van der Waals surface area contributed by atoms with Crippen LogP contribution in [0.4, 0.5) is 5.69 Å². The van der Waals surface area contributed by atoms with E-state index in [1.807, 2.05) is 0 Å². The van der Waals surface area contributed by atoms with Gasteiger partial charge in [0.15, 0.2) is 0 Å². The quantitative estimate of drug-likeness (QED) is 0.416. The van der Waals surface area contributed by atoms with Crippen LogP contribution in [0.2, 0.25) is 0 Å². The number of nitro groups is 1. The Morgan fingerprint density at radius 1 is 1.64 bits per heavy atom. The molecule has 0 radical (unpaired) electrons. The molecule has 1 aromatic rings. The summed E-state index contributed by atoms with van der Waals surface area (Å²) in [5.74, 6) is 2.76. The molecule has 72 valence electrons. The molecular formula is C10H9NO3. The predicted molar refractivity (Wildman–Crippen MR) is 52.2 cm³/mol. The summed E-state index contributed by atoms with van der Waals surface area (Å²) in [6.07, 6.45) is 5.02. The van der Waals surface area contributed by atoms with Crippen molar-refractivity contribution in [1.29, 1.82) is 0 Å². The number of nitrogens with zero attached hydrogens (tertiary/aromatic N) is 1. The summed E-state index contributed by atoms with van der Waals surface area (Å²) in [7, 11) is 0. The van der Waals surface area contributed by atoms with Gasteiger partial charge in [0.05, 0.1) is 11.0 Å². The molecular weight excluding hydrogens is 182 g/mol. The molecule has 1 rings (SSSR count). The lowest BCUT2D eigenvalue weighted by molar-refractivity contribution is -0.384. The van der Waals surface area contributed by atoms with Crippen molar-refractivity contribution in [3.8, 4) is 18.1 Å². The van der Waals surface area contributed by atoms with Crippen molar-refractivity contribution >= 4 is 5.69 Å². The summed E-state index contributed by atoms with van der Waals surface area (Å²) in [4.78, 5) is 9.98. The number of benzene rings is 1. The zero-order chi connectivity index (χ0) is 10.6. The summed E-state index contributed by atoms with van der Waals surface area (Å²) in [5, 5.41) is 10.4. The first kappa shape index (κ1) is 10.1. The number of hydrogen-bond acceptors (Lipinski definition) is 3. The van der Waals surface area contributed by atoms with E-state index < -0.39 is 4.92 Å². The van der Waals surface area contributed by atoms with E-state index in [-0.39, 0.29) is 12.3 Å². The van der Waals surface area contributed by atoms with E-state index >= 15 is 0 Å². The SMILES string of the molecule is C#CCOc1cc([N+](=O)[O-])ccc1C. The third-order valence-corrected chi connectivity index (χ3v) is 1.69. The molecule has 0 bridgehead atoms. The van der Waals surface area contributed by atoms with Gasteiger partial charge in [-0.1, -0.05) is 5.92 Å². The Morgan fingerprint density at radius 3 is 2.93 bits per heavy atom. The van der Waals surface area contributed by atoms with Crippen LogP contribution in [0.25, 0.3) is 0 Å². The molecule has 4 heteroatoms. The van der Waals surface area contributed by atoms with Crippen LogP contribution in [0, 0.1) is 29.4 Å². The van der Waals surface area contributed by atoms with Gasteiger partial charge < -0.3 is 4.74 Å². The van der Waals surface area contributed by atoms with E-state index in [1.54, 1.807) is 13.0 Å². The highest BCUT2D eigenvalue weighted by atomic mass is 16.6. The largest absolute Gasteiger partial charge is 0.480 e. The van der Waals surface area contributed by atoms with Crippen molar-refractivity contribution in [3.05, 3.63) is 33.9 Å². The number of terminal acetylenes is 1. The second-order valence-electron chi connectivity index (χ2n) is 2.70. The monoisotopic (exact) mass is 191 g/mol. The minimum Gasteiger partial charge on any atom is -0.480 e. The Labute approximate surface area is 81.7 Å². The molecule has 14 heavy (non-hydrogen) atoms. The van der Waals surface area contributed by atoms with Crippen LogP contribution in [-0.2, 0) is 0 Å². The Hall–Kier alpha value is -2.02. The van der Waals surface area contributed by atoms with Gasteiger partial charge in [0.1, 0.15) is 12.4 Å². The highest BCUT2D eigenvalue weighted by Gasteiger charge is 2.08. The van der Waals surface area contributed by atoms with Crippen LogP contribution in [0.5, 0.6) is 5.75 Å². The molecule has 0 fully saturated rings. The molecule has 0 heterocycles. The normalized spacial score (nSPS) is 9.14. The second kappa shape index (κ2) is 4.28. The number of ether oxygens (including phenoxy) is 1. The lowest BCUT2D eigenvalue weighted by atomic mass is 10.2. The molecule has 1 aromatic carbocycles. The molecule has 0 amide bonds. The Balaban J connectivity index is 2.97. The highest BCUT2D eigenvalue weighted by molar-refractivity contribution is 5.43. The first-order chi connectivity index (χ1) is 6.65. The second-order valence-corrected chi connectivity index (χ2v) is 2.70. The smallest absolute Gasteiger partial charge is 0.273 e. The summed E-state index contributed by atoms with van der Waals surface area (Å²) in [6, 6.07) is 4.43. The number of rotatable bonds is 3. The molecule has 0 aromatic heterocycles. The van der Waals surface area contributed by atoms with Gasteiger partial charge in [-0.15, -0.1) is 6.42 Å². The summed E-state index contributed by atoms with van der Waals surface area (Å²) >= 11 is 0. The van der Waals surface area contributed by atoms with Crippen LogP contribution in [0.15, 0.2) is 18.2 Å². The molecule has 0 unspecified atom stereocenters. The lowest BCUT2D eigenvalue weighted by Crippen LogP contribution is -1.97. The zero-order valence-corrected chi connectivity index (χ0v) is 7.69. The van der Waals surface area contributed by atoms with E-state index in [0.717, 1.165) is 5.56 Å². The minimum atomic E-state index is -0.470. The van der Waals surface area contributed by atoms with Crippen molar-refractivity contribution in [3.63, 3.8) is 0 Å². The zero-order valence-electron chi connectivity index (χ0n) is 7.69. The van der Waals surface area contributed by atoms with Crippen LogP contribution in [0.1, 0.15) is 5.56 Å². The third kappa shape index (κ3) is 2.23. The van der Waals surface area contributed by atoms with Crippen LogP contribution in [0.3, 0.4) is 0 Å². The lowest BCUT2D eigenvalue weighted by Gasteiger charge is -2.04. The average Bonchev–Trinajstić information content (AvgIpc) is 2.16. The predicted octanol–water partition coefficient (Wildman–Crippen LogP) is 1.92. The van der Waals surface area contributed by atoms with Crippen molar-refractivity contribution in [2.75, 3.05) is 6.61 Å². The van der Waals surface area contributed by atoms with Crippen molar-refractivity contribution in [2.24, 2.45) is 0 Å².